The van der Waals surface area contributed by atoms with Gasteiger partial charge >= 0.3 is 5.97 Å². The Morgan fingerprint density at radius 3 is 2.71 bits per heavy atom. The molecule has 2 rings (SSSR count). The molecule has 1 saturated heterocycles. The maximum absolute atomic E-state index is 11.7. The predicted octanol–water partition coefficient (Wildman–Crippen LogP) is 2.99. The number of nitrogens with zero attached hydrogens (tertiary/aromatic N) is 2. The molecule has 0 saturated carbocycles. The van der Waals surface area contributed by atoms with Crippen LogP contribution < -0.4 is 0 Å². The number of nitro groups is 1. The summed E-state index contributed by atoms with van der Waals surface area (Å²) in [5.74, 6) is -0.868. The van der Waals surface area contributed by atoms with Gasteiger partial charge in [-0.1, -0.05) is 18.2 Å². The molecule has 1 heterocycles. The van der Waals surface area contributed by atoms with Crippen LogP contribution in [0.5, 0.6) is 0 Å². The molecule has 1 aromatic rings. The van der Waals surface area contributed by atoms with Crippen LogP contribution in [0, 0.1) is 10.1 Å². The molecular weight excluding hydrogens is 272 g/mol. The van der Waals surface area contributed by atoms with Crippen molar-refractivity contribution in [3.8, 4) is 0 Å². The van der Waals surface area contributed by atoms with Crippen molar-refractivity contribution in [1.82, 2.24) is 4.90 Å². The minimum atomic E-state index is -0.971. The summed E-state index contributed by atoms with van der Waals surface area (Å²) in [7, 11) is 0. The van der Waals surface area contributed by atoms with Crippen LogP contribution >= 0.6 is 0 Å². The highest BCUT2D eigenvalue weighted by atomic mass is 16.6. The van der Waals surface area contributed by atoms with Gasteiger partial charge in [-0.15, -0.1) is 0 Å². The van der Waals surface area contributed by atoms with Crippen molar-refractivity contribution >= 4 is 11.7 Å². The van der Waals surface area contributed by atoms with Crippen LogP contribution in [-0.2, 0) is 4.79 Å². The lowest BCUT2D eigenvalue weighted by atomic mass is 9.86. The van der Waals surface area contributed by atoms with E-state index in [1.165, 1.54) is 6.07 Å². The SMILES string of the molecule is CC(c1ccccc1[N+](=O)[O-])N1CCCCC1(C)C(=O)O. The quantitative estimate of drug-likeness (QED) is 0.681. The first-order valence-electron chi connectivity index (χ1n) is 7.11. The number of rotatable bonds is 4. The third-order valence-electron chi connectivity index (χ3n) is 4.46. The van der Waals surface area contributed by atoms with E-state index in [4.69, 9.17) is 0 Å². The molecule has 1 aliphatic heterocycles. The monoisotopic (exact) mass is 292 g/mol. The van der Waals surface area contributed by atoms with E-state index >= 15 is 0 Å². The molecular formula is C15H20N2O4. The minimum absolute atomic E-state index is 0.0447. The lowest BCUT2D eigenvalue weighted by Crippen LogP contribution is -2.55. The van der Waals surface area contributed by atoms with E-state index < -0.39 is 16.4 Å². The summed E-state index contributed by atoms with van der Waals surface area (Å²) in [6, 6.07) is 6.24. The second kappa shape index (κ2) is 5.81. The molecule has 6 heteroatoms. The molecule has 0 spiro atoms. The van der Waals surface area contributed by atoms with E-state index in [1.807, 2.05) is 11.8 Å². The van der Waals surface area contributed by atoms with Crippen LogP contribution in [0.25, 0.3) is 0 Å². The molecule has 114 valence electrons. The third kappa shape index (κ3) is 2.76. The molecule has 21 heavy (non-hydrogen) atoms. The van der Waals surface area contributed by atoms with Gasteiger partial charge < -0.3 is 5.11 Å². The van der Waals surface area contributed by atoms with Gasteiger partial charge in [-0.2, -0.15) is 0 Å². The topological polar surface area (TPSA) is 83.7 Å². The smallest absolute Gasteiger partial charge is 0.323 e. The van der Waals surface area contributed by atoms with E-state index in [9.17, 15) is 20.0 Å². The van der Waals surface area contributed by atoms with Crippen LogP contribution in [0.2, 0.25) is 0 Å². The van der Waals surface area contributed by atoms with Crippen LogP contribution in [-0.4, -0.2) is 33.0 Å². The number of carbonyl (C=O) groups is 1. The number of nitro benzene ring substituents is 1. The molecule has 0 aromatic heterocycles. The minimum Gasteiger partial charge on any atom is -0.480 e. The Morgan fingerprint density at radius 2 is 2.10 bits per heavy atom. The summed E-state index contributed by atoms with van der Waals surface area (Å²) in [5.41, 5.74) is -0.360. The number of piperidine rings is 1. The van der Waals surface area contributed by atoms with Crippen molar-refractivity contribution in [1.29, 1.82) is 0 Å². The summed E-state index contributed by atoms with van der Waals surface area (Å²) in [6.45, 7) is 4.19. The van der Waals surface area contributed by atoms with Gasteiger partial charge in [0.05, 0.1) is 4.92 Å². The predicted molar refractivity (Wildman–Crippen MR) is 78.1 cm³/mol. The Hall–Kier alpha value is -1.95. The van der Waals surface area contributed by atoms with Gasteiger partial charge in [-0.3, -0.25) is 19.8 Å². The Morgan fingerprint density at radius 1 is 1.43 bits per heavy atom. The van der Waals surface area contributed by atoms with Crippen LogP contribution in [0.3, 0.4) is 0 Å². The summed E-state index contributed by atoms with van der Waals surface area (Å²) < 4.78 is 0. The molecule has 0 amide bonds. The molecule has 2 unspecified atom stereocenters. The highest BCUT2D eigenvalue weighted by Gasteiger charge is 2.44. The Balaban J connectivity index is 2.40. The number of carboxylic acid groups (broad SMARTS) is 1. The molecule has 1 fully saturated rings. The molecule has 0 radical (unpaired) electrons. The van der Waals surface area contributed by atoms with Gasteiger partial charge in [0.1, 0.15) is 5.54 Å². The van der Waals surface area contributed by atoms with Crippen LogP contribution in [0.1, 0.15) is 44.7 Å². The number of carboxylic acids is 1. The van der Waals surface area contributed by atoms with Gasteiger partial charge in [0, 0.05) is 17.7 Å². The van der Waals surface area contributed by atoms with E-state index in [-0.39, 0.29) is 11.7 Å². The maximum atomic E-state index is 11.7. The molecule has 6 nitrogen and oxygen atoms in total. The molecule has 0 bridgehead atoms. The fourth-order valence-corrected chi connectivity index (χ4v) is 3.17. The Kier molecular flexibility index (Phi) is 4.27. The standard InChI is InChI=1S/C15H20N2O4/c1-11(12-7-3-4-8-13(12)17(20)21)16-10-6-5-9-15(16,2)14(18)19/h3-4,7-8,11H,5-6,9-10H2,1-2H3,(H,18,19). The number of para-hydroxylation sites is 1. The summed E-state index contributed by atoms with van der Waals surface area (Å²) in [5, 5.41) is 20.7. The number of hydrogen-bond acceptors (Lipinski definition) is 4. The van der Waals surface area contributed by atoms with E-state index in [2.05, 4.69) is 0 Å². The van der Waals surface area contributed by atoms with Gasteiger partial charge in [0.15, 0.2) is 0 Å². The van der Waals surface area contributed by atoms with Crippen molar-refractivity contribution in [3.05, 3.63) is 39.9 Å². The first-order valence-corrected chi connectivity index (χ1v) is 7.11. The fourth-order valence-electron chi connectivity index (χ4n) is 3.17. The first kappa shape index (κ1) is 15.4. The zero-order chi connectivity index (χ0) is 15.6. The molecule has 2 atom stereocenters. The third-order valence-corrected chi connectivity index (χ3v) is 4.46. The van der Waals surface area contributed by atoms with Crippen molar-refractivity contribution in [2.24, 2.45) is 0 Å². The second-order valence-electron chi connectivity index (χ2n) is 5.72. The second-order valence-corrected chi connectivity index (χ2v) is 5.72. The summed E-state index contributed by atoms with van der Waals surface area (Å²) in [4.78, 5) is 24.3. The summed E-state index contributed by atoms with van der Waals surface area (Å²) in [6.07, 6.45) is 2.34. The van der Waals surface area contributed by atoms with Crippen molar-refractivity contribution < 1.29 is 14.8 Å². The van der Waals surface area contributed by atoms with Crippen LogP contribution in [0.15, 0.2) is 24.3 Å². The largest absolute Gasteiger partial charge is 0.480 e. The maximum Gasteiger partial charge on any atom is 0.323 e. The number of hydrogen-bond donors (Lipinski definition) is 1. The van der Waals surface area contributed by atoms with Crippen molar-refractivity contribution in [2.75, 3.05) is 6.54 Å². The lowest BCUT2D eigenvalue weighted by Gasteiger charge is -2.45. The molecule has 1 N–H and O–H groups in total. The average molecular weight is 292 g/mol. The van der Waals surface area contributed by atoms with E-state index in [0.29, 0.717) is 18.5 Å². The van der Waals surface area contributed by atoms with Gasteiger partial charge in [0.25, 0.3) is 5.69 Å². The molecule has 1 aliphatic rings. The summed E-state index contributed by atoms with van der Waals surface area (Å²) >= 11 is 0. The molecule has 1 aromatic carbocycles. The van der Waals surface area contributed by atoms with Gasteiger partial charge in [0.2, 0.25) is 0 Å². The zero-order valence-corrected chi connectivity index (χ0v) is 12.3. The highest BCUT2D eigenvalue weighted by molar-refractivity contribution is 5.78. The Labute approximate surface area is 123 Å². The zero-order valence-electron chi connectivity index (χ0n) is 12.3. The van der Waals surface area contributed by atoms with E-state index in [0.717, 1.165) is 12.8 Å². The van der Waals surface area contributed by atoms with Crippen molar-refractivity contribution in [3.63, 3.8) is 0 Å². The number of aliphatic carboxylic acids is 1. The van der Waals surface area contributed by atoms with Gasteiger partial charge in [-0.25, -0.2) is 0 Å². The van der Waals surface area contributed by atoms with Crippen molar-refractivity contribution in [2.45, 2.75) is 44.7 Å². The first-order chi connectivity index (χ1) is 9.88. The lowest BCUT2D eigenvalue weighted by molar-refractivity contribution is -0.386. The number of benzene rings is 1. The molecule has 0 aliphatic carbocycles. The normalized spacial score (nSPS) is 24.5. The fraction of sp³-hybridized carbons (Fsp3) is 0.533. The average Bonchev–Trinajstić information content (AvgIpc) is 2.47. The number of likely N-dealkylation sites (tertiary alicyclic amines) is 1. The van der Waals surface area contributed by atoms with Crippen LogP contribution in [0.4, 0.5) is 5.69 Å². The van der Waals surface area contributed by atoms with E-state index in [1.54, 1.807) is 25.1 Å². The van der Waals surface area contributed by atoms with Gasteiger partial charge in [-0.05, 0) is 39.7 Å². The Bertz CT molecular complexity index is 560. The highest BCUT2D eigenvalue weighted by Crippen LogP contribution is 2.38.